The van der Waals surface area contributed by atoms with E-state index in [4.69, 9.17) is 0 Å². The van der Waals surface area contributed by atoms with E-state index in [-0.39, 0.29) is 23.3 Å². The number of nitrogens with zero attached hydrogens (tertiary/aromatic N) is 2. The van der Waals surface area contributed by atoms with Crippen molar-refractivity contribution in [2.24, 2.45) is 0 Å². The lowest BCUT2D eigenvalue weighted by Gasteiger charge is -2.13. The quantitative estimate of drug-likeness (QED) is 0.531. The Kier molecular flexibility index (Phi) is 5.55. The van der Waals surface area contributed by atoms with Crippen molar-refractivity contribution >= 4 is 39.2 Å². The molecule has 25 heavy (non-hydrogen) atoms. The van der Waals surface area contributed by atoms with E-state index in [1.165, 1.54) is 23.1 Å². The summed E-state index contributed by atoms with van der Waals surface area (Å²) < 4.78 is 1.58. The van der Waals surface area contributed by atoms with Crippen molar-refractivity contribution < 1.29 is 4.79 Å². The van der Waals surface area contributed by atoms with Gasteiger partial charge in [-0.15, -0.1) is 11.3 Å². The summed E-state index contributed by atoms with van der Waals surface area (Å²) >= 11 is 2.71. The van der Waals surface area contributed by atoms with Gasteiger partial charge in [-0.05, 0) is 36.9 Å². The van der Waals surface area contributed by atoms with Crippen molar-refractivity contribution in [2.75, 3.05) is 5.75 Å². The summed E-state index contributed by atoms with van der Waals surface area (Å²) in [6.07, 6.45) is 0.879. The summed E-state index contributed by atoms with van der Waals surface area (Å²) in [6.45, 7) is 4.00. The van der Waals surface area contributed by atoms with Crippen LogP contribution in [0.2, 0.25) is 0 Å². The summed E-state index contributed by atoms with van der Waals surface area (Å²) in [4.78, 5) is 30.3. The predicted molar refractivity (Wildman–Crippen MR) is 104 cm³/mol. The van der Waals surface area contributed by atoms with Crippen LogP contribution in [0.5, 0.6) is 0 Å². The van der Waals surface area contributed by atoms with E-state index >= 15 is 0 Å². The number of hydrogen-bond donors (Lipinski definition) is 1. The van der Waals surface area contributed by atoms with E-state index < -0.39 is 0 Å². The molecule has 2 aromatic heterocycles. The maximum Gasteiger partial charge on any atom is 0.267 e. The van der Waals surface area contributed by atoms with Crippen LogP contribution in [0.25, 0.3) is 15.9 Å². The van der Waals surface area contributed by atoms with Gasteiger partial charge in [0.15, 0.2) is 5.16 Å². The molecule has 0 bridgehead atoms. The van der Waals surface area contributed by atoms with Crippen molar-refractivity contribution in [1.29, 1.82) is 0 Å². The summed E-state index contributed by atoms with van der Waals surface area (Å²) in [6, 6.07) is 11.3. The van der Waals surface area contributed by atoms with Gasteiger partial charge in [-0.3, -0.25) is 14.2 Å². The number of para-hydroxylation sites is 1. The molecular weight excluding hydrogens is 354 g/mol. The third kappa shape index (κ3) is 3.93. The predicted octanol–water partition coefficient (Wildman–Crippen LogP) is 3.45. The number of nitrogens with one attached hydrogen (secondary N) is 1. The highest BCUT2D eigenvalue weighted by Crippen LogP contribution is 2.23. The van der Waals surface area contributed by atoms with Crippen molar-refractivity contribution in [2.45, 2.75) is 31.5 Å². The molecule has 1 atom stereocenters. The molecule has 130 valence electrons. The number of carbonyl (C=O) groups excluding carboxylic acids is 1. The number of aromatic nitrogens is 2. The van der Waals surface area contributed by atoms with E-state index in [1.54, 1.807) is 10.6 Å². The number of hydrogen-bond acceptors (Lipinski definition) is 5. The highest BCUT2D eigenvalue weighted by molar-refractivity contribution is 7.99. The molecule has 2 heterocycles. The summed E-state index contributed by atoms with van der Waals surface area (Å²) in [5, 5.41) is 5.93. The summed E-state index contributed by atoms with van der Waals surface area (Å²) in [5.41, 5.74) is 0.639. The van der Waals surface area contributed by atoms with Gasteiger partial charge in [0.25, 0.3) is 5.56 Å². The Morgan fingerprint density at radius 1 is 1.32 bits per heavy atom. The fraction of sp³-hybridized carbons (Fsp3) is 0.278. The second-order valence-electron chi connectivity index (χ2n) is 5.68. The largest absolute Gasteiger partial charge is 0.353 e. The van der Waals surface area contributed by atoms with E-state index in [1.807, 2.05) is 49.6 Å². The molecule has 1 unspecified atom stereocenters. The molecule has 0 aliphatic rings. The zero-order valence-corrected chi connectivity index (χ0v) is 15.7. The molecule has 3 rings (SSSR count). The van der Waals surface area contributed by atoms with E-state index in [9.17, 15) is 9.59 Å². The minimum absolute atomic E-state index is 0.0560. The third-order valence-electron chi connectivity index (χ3n) is 3.83. The van der Waals surface area contributed by atoms with Crippen LogP contribution in [0, 0.1) is 0 Å². The van der Waals surface area contributed by atoms with Crippen LogP contribution in [0.15, 0.2) is 51.7 Å². The normalized spacial score (nSPS) is 12.2. The maximum atomic E-state index is 12.9. The van der Waals surface area contributed by atoms with Crippen LogP contribution in [-0.2, 0) is 4.79 Å². The first kappa shape index (κ1) is 17.7. The van der Waals surface area contributed by atoms with Crippen LogP contribution < -0.4 is 10.9 Å². The number of fused-ring (bicyclic) bond motifs is 1. The molecule has 0 saturated heterocycles. The number of thioether (sulfide) groups is 1. The maximum absolute atomic E-state index is 12.9. The molecule has 0 spiro atoms. The molecule has 0 saturated carbocycles. The second kappa shape index (κ2) is 7.84. The van der Waals surface area contributed by atoms with Gasteiger partial charge < -0.3 is 5.32 Å². The first-order valence-electron chi connectivity index (χ1n) is 8.08. The van der Waals surface area contributed by atoms with Crippen LogP contribution >= 0.6 is 23.1 Å². The first-order valence-corrected chi connectivity index (χ1v) is 9.94. The SMILES string of the molecule is CCC(C)NC(=O)CSc1nc2sccc2c(=O)n1-c1ccccc1. The summed E-state index contributed by atoms with van der Waals surface area (Å²) in [5.74, 6) is 0.167. The Labute approximate surface area is 154 Å². The number of rotatable bonds is 6. The molecule has 0 fully saturated rings. The smallest absolute Gasteiger partial charge is 0.267 e. The molecule has 1 aromatic carbocycles. The van der Waals surface area contributed by atoms with E-state index in [0.717, 1.165) is 12.1 Å². The van der Waals surface area contributed by atoms with Gasteiger partial charge in [-0.1, -0.05) is 36.9 Å². The van der Waals surface area contributed by atoms with E-state index in [0.29, 0.717) is 15.4 Å². The molecule has 0 radical (unpaired) electrons. The van der Waals surface area contributed by atoms with Crippen LogP contribution in [0.1, 0.15) is 20.3 Å². The molecule has 5 nitrogen and oxygen atoms in total. The molecular formula is C18H19N3O2S2. The Balaban J connectivity index is 1.96. The lowest BCUT2D eigenvalue weighted by Crippen LogP contribution is -2.33. The number of carbonyl (C=O) groups is 1. The molecule has 1 amide bonds. The molecule has 0 aliphatic heterocycles. The van der Waals surface area contributed by atoms with Crippen LogP contribution in [0.3, 0.4) is 0 Å². The minimum atomic E-state index is -0.109. The number of amides is 1. The van der Waals surface area contributed by atoms with Gasteiger partial charge in [0.1, 0.15) is 4.83 Å². The van der Waals surface area contributed by atoms with Crippen molar-refractivity contribution in [3.8, 4) is 5.69 Å². The minimum Gasteiger partial charge on any atom is -0.353 e. The van der Waals surface area contributed by atoms with Crippen LogP contribution in [-0.4, -0.2) is 27.3 Å². The van der Waals surface area contributed by atoms with E-state index in [2.05, 4.69) is 10.3 Å². The second-order valence-corrected chi connectivity index (χ2v) is 7.51. The molecule has 0 aliphatic carbocycles. The van der Waals surface area contributed by atoms with Crippen molar-refractivity contribution in [1.82, 2.24) is 14.9 Å². The number of benzene rings is 1. The Morgan fingerprint density at radius 2 is 2.08 bits per heavy atom. The topological polar surface area (TPSA) is 64.0 Å². The van der Waals surface area contributed by atoms with Crippen LogP contribution in [0.4, 0.5) is 0 Å². The van der Waals surface area contributed by atoms with Gasteiger partial charge in [-0.25, -0.2) is 4.98 Å². The van der Waals surface area contributed by atoms with Crippen molar-refractivity contribution in [3.05, 3.63) is 52.1 Å². The Hall–Kier alpha value is -2.12. The lowest BCUT2D eigenvalue weighted by atomic mass is 10.3. The number of thiophene rings is 1. The average molecular weight is 374 g/mol. The molecule has 7 heteroatoms. The molecule has 1 N–H and O–H groups in total. The monoisotopic (exact) mass is 373 g/mol. The third-order valence-corrected chi connectivity index (χ3v) is 5.58. The van der Waals surface area contributed by atoms with Gasteiger partial charge in [0.2, 0.25) is 5.91 Å². The van der Waals surface area contributed by atoms with Gasteiger partial charge >= 0.3 is 0 Å². The van der Waals surface area contributed by atoms with Gasteiger partial charge in [0, 0.05) is 6.04 Å². The summed E-state index contributed by atoms with van der Waals surface area (Å²) in [7, 11) is 0. The lowest BCUT2D eigenvalue weighted by molar-refractivity contribution is -0.119. The first-order chi connectivity index (χ1) is 12.1. The zero-order chi connectivity index (χ0) is 17.8. The fourth-order valence-corrected chi connectivity index (χ4v) is 3.97. The highest BCUT2D eigenvalue weighted by atomic mass is 32.2. The average Bonchev–Trinajstić information content (AvgIpc) is 3.09. The van der Waals surface area contributed by atoms with Gasteiger partial charge in [-0.2, -0.15) is 0 Å². The fourth-order valence-electron chi connectivity index (χ4n) is 2.35. The zero-order valence-electron chi connectivity index (χ0n) is 14.1. The molecule has 3 aromatic rings. The standard InChI is InChI=1S/C18H19N3O2S2/c1-3-12(2)19-15(22)11-25-18-20-16-14(9-10-24-16)17(23)21(18)13-7-5-4-6-8-13/h4-10,12H,3,11H2,1-2H3,(H,19,22). The van der Waals surface area contributed by atoms with Gasteiger partial charge in [0.05, 0.1) is 16.8 Å². The Morgan fingerprint density at radius 3 is 2.80 bits per heavy atom. The van der Waals surface area contributed by atoms with Crippen molar-refractivity contribution in [3.63, 3.8) is 0 Å². The highest BCUT2D eigenvalue weighted by Gasteiger charge is 2.15. The Bertz CT molecular complexity index is 934.